The molecule has 2 aromatic carbocycles. The molecule has 0 saturated heterocycles. The molecule has 0 aliphatic heterocycles. The van der Waals surface area contributed by atoms with Gasteiger partial charge in [0.2, 0.25) is 0 Å². The lowest BCUT2D eigenvalue weighted by atomic mass is 10.0. The summed E-state index contributed by atoms with van der Waals surface area (Å²) in [7, 11) is 0. The molecule has 0 saturated carbocycles. The molecular formula is C19H18BrNO6. The average molecular weight is 436 g/mol. The lowest BCUT2D eigenvalue weighted by Crippen LogP contribution is -2.26. The molecule has 142 valence electrons. The van der Waals surface area contributed by atoms with Crippen molar-refractivity contribution in [2.45, 2.75) is 19.5 Å². The molecule has 0 aromatic heterocycles. The molecule has 0 heterocycles. The molecular weight excluding hydrogens is 418 g/mol. The minimum Gasteiger partial charge on any atom is -0.481 e. The number of carbonyl (C=O) groups is 3. The van der Waals surface area contributed by atoms with E-state index in [9.17, 15) is 19.5 Å². The van der Waals surface area contributed by atoms with Crippen molar-refractivity contribution in [1.29, 1.82) is 0 Å². The van der Waals surface area contributed by atoms with Gasteiger partial charge in [-0.3, -0.25) is 9.69 Å². The van der Waals surface area contributed by atoms with Gasteiger partial charge in [-0.2, -0.15) is 0 Å². The lowest BCUT2D eigenvalue weighted by molar-refractivity contribution is -0.137. The van der Waals surface area contributed by atoms with Crippen LogP contribution in [-0.4, -0.2) is 44.7 Å². The topological polar surface area (TPSA) is 115 Å². The Morgan fingerprint density at radius 2 is 1.48 bits per heavy atom. The van der Waals surface area contributed by atoms with Crippen molar-refractivity contribution < 1.29 is 29.7 Å². The second kappa shape index (κ2) is 9.29. The van der Waals surface area contributed by atoms with Crippen molar-refractivity contribution >= 4 is 33.8 Å². The monoisotopic (exact) mass is 435 g/mol. The van der Waals surface area contributed by atoms with E-state index < -0.39 is 17.9 Å². The smallest absolute Gasteiger partial charge is 0.336 e. The molecule has 0 fully saturated rings. The Balaban J connectivity index is 2.25. The highest BCUT2D eigenvalue weighted by Crippen LogP contribution is 2.18. The van der Waals surface area contributed by atoms with Crippen molar-refractivity contribution in [1.82, 2.24) is 4.90 Å². The number of aromatic carboxylic acids is 2. The number of halogens is 1. The van der Waals surface area contributed by atoms with E-state index in [1.807, 2.05) is 29.2 Å². The number of carboxylic acid groups (broad SMARTS) is 3. The van der Waals surface area contributed by atoms with Gasteiger partial charge in [-0.15, -0.1) is 0 Å². The summed E-state index contributed by atoms with van der Waals surface area (Å²) in [5, 5.41) is 27.3. The molecule has 8 heteroatoms. The molecule has 0 radical (unpaired) electrons. The van der Waals surface area contributed by atoms with E-state index in [1.165, 1.54) is 12.1 Å². The maximum atomic E-state index is 11.3. The third-order valence-corrected chi connectivity index (χ3v) is 4.38. The van der Waals surface area contributed by atoms with Gasteiger partial charge in [-0.1, -0.05) is 34.1 Å². The standard InChI is InChI=1S/C19H18BrNO6/c20-14-3-1-2-12(8-14)10-21(7-6-17(22)23)11-13-4-5-15(18(24)25)16(9-13)19(26)27/h1-5,8-9H,6-7,10-11H2,(H,22,23)(H,24,25)(H,26,27). The highest BCUT2D eigenvalue weighted by molar-refractivity contribution is 9.10. The van der Waals surface area contributed by atoms with Crippen LogP contribution >= 0.6 is 15.9 Å². The zero-order valence-electron chi connectivity index (χ0n) is 14.3. The van der Waals surface area contributed by atoms with Gasteiger partial charge in [-0.25, -0.2) is 9.59 Å². The van der Waals surface area contributed by atoms with E-state index in [0.29, 0.717) is 18.7 Å². The van der Waals surface area contributed by atoms with E-state index in [2.05, 4.69) is 15.9 Å². The van der Waals surface area contributed by atoms with Gasteiger partial charge in [0.25, 0.3) is 0 Å². The van der Waals surface area contributed by atoms with Crippen LogP contribution in [0.5, 0.6) is 0 Å². The van der Waals surface area contributed by atoms with Gasteiger partial charge < -0.3 is 15.3 Å². The first-order valence-corrected chi connectivity index (χ1v) is 8.83. The number of aliphatic carboxylic acids is 1. The molecule has 0 spiro atoms. The van der Waals surface area contributed by atoms with Crippen LogP contribution in [0.3, 0.4) is 0 Å². The zero-order valence-corrected chi connectivity index (χ0v) is 15.8. The van der Waals surface area contributed by atoms with Gasteiger partial charge in [0.05, 0.1) is 17.5 Å². The summed E-state index contributed by atoms with van der Waals surface area (Å²) < 4.78 is 0.900. The fourth-order valence-electron chi connectivity index (χ4n) is 2.67. The van der Waals surface area contributed by atoms with Gasteiger partial charge in [-0.05, 0) is 35.4 Å². The Kier molecular flexibility index (Phi) is 7.09. The predicted octanol–water partition coefficient (Wildman–Crippen LogP) is 3.32. The summed E-state index contributed by atoms with van der Waals surface area (Å²) >= 11 is 3.39. The van der Waals surface area contributed by atoms with Crippen molar-refractivity contribution in [2.75, 3.05) is 6.54 Å². The fourth-order valence-corrected chi connectivity index (χ4v) is 3.12. The zero-order chi connectivity index (χ0) is 20.0. The third kappa shape index (κ3) is 6.19. The molecule has 0 bridgehead atoms. The molecule has 0 aliphatic rings. The number of nitrogens with zero attached hydrogens (tertiary/aromatic N) is 1. The average Bonchev–Trinajstić information content (AvgIpc) is 2.59. The third-order valence-electron chi connectivity index (χ3n) is 3.89. The normalized spacial score (nSPS) is 10.7. The summed E-state index contributed by atoms with van der Waals surface area (Å²) in [5.41, 5.74) is 0.990. The van der Waals surface area contributed by atoms with Crippen molar-refractivity contribution in [3.05, 3.63) is 69.2 Å². The van der Waals surface area contributed by atoms with Gasteiger partial charge >= 0.3 is 17.9 Å². The van der Waals surface area contributed by atoms with Crippen molar-refractivity contribution in [3.8, 4) is 0 Å². The lowest BCUT2D eigenvalue weighted by Gasteiger charge is -2.22. The Bertz CT molecular complexity index is 867. The van der Waals surface area contributed by atoms with Crippen molar-refractivity contribution in [3.63, 3.8) is 0 Å². The maximum absolute atomic E-state index is 11.3. The number of rotatable bonds is 9. The Hall–Kier alpha value is -2.71. The maximum Gasteiger partial charge on any atom is 0.336 e. The summed E-state index contributed by atoms with van der Waals surface area (Å²) in [5.74, 6) is -3.56. The first-order chi connectivity index (χ1) is 12.8. The Morgan fingerprint density at radius 3 is 2.04 bits per heavy atom. The molecule has 3 N–H and O–H groups in total. The van der Waals surface area contributed by atoms with E-state index in [0.717, 1.165) is 10.0 Å². The van der Waals surface area contributed by atoms with Crippen LogP contribution in [0.2, 0.25) is 0 Å². The highest BCUT2D eigenvalue weighted by atomic mass is 79.9. The molecule has 2 aromatic rings. The van der Waals surface area contributed by atoms with Crippen LogP contribution in [0.1, 0.15) is 38.3 Å². The molecule has 0 unspecified atom stereocenters. The second-order valence-corrected chi connectivity index (χ2v) is 6.89. The fraction of sp³-hybridized carbons (Fsp3) is 0.211. The van der Waals surface area contributed by atoms with Crippen LogP contribution < -0.4 is 0 Å². The van der Waals surface area contributed by atoms with E-state index in [1.54, 1.807) is 6.07 Å². The van der Waals surface area contributed by atoms with Gasteiger partial charge in [0, 0.05) is 24.1 Å². The Labute approximate surface area is 164 Å². The summed E-state index contributed by atoms with van der Waals surface area (Å²) in [6.45, 7) is 1.03. The number of hydrogen-bond acceptors (Lipinski definition) is 4. The minimum absolute atomic E-state index is 0.0625. The first kappa shape index (κ1) is 20.6. The van der Waals surface area contributed by atoms with Crippen LogP contribution in [0.25, 0.3) is 0 Å². The number of benzene rings is 2. The van der Waals surface area contributed by atoms with Gasteiger partial charge in [0.15, 0.2) is 0 Å². The summed E-state index contributed by atoms with van der Waals surface area (Å²) in [6, 6.07) is 11.7. The number of hydrogen-bond donors (Lipinski definition) is 3. The Morgan fingerprint density at radius 1 is 0.852 bits per heavy atom. The summed E-state index contributed by atoms with van der Waals surface area (Å²) in [6.07, 6.45) is -0.0625. The van der Waals surface area contributed by atoms with Crippen LogP contribution in [0, 0.1) is 0 Å². The highest BCUT2D eigenvalue weighted by Gasteiger charge is 2.17. The van der Waals surface area contributed by atoms with Gasteiger partial charge in [0.1, 0.15) is 0 Å². The first-order valence-electron chi connectivity index (χ1n) is 8.04. The molecule has 7 nitrogen and oxygen atoms in total. The van der Waals surface area contributed by atoms with E-state index in [4.69, 9.17) is 10.2 Å². The van der Waals surface area contributed by atoms with Crippen LogP contribution in [0.4, 0.5) is 0 Å². The largest absolute Gasteiger partial charge is 0.481 e. The van der Waals surface area contributed by atoms with E-state index in [-0.39, 0.29) is 24.1 Å². The molecule has 27 heavy (non-hydrogen) atoms. The molecule has 2 rings (SSSR count). The SMILES string of the molecule is O=C(O)CCN(Cc1cccc(Br)c1)Cc1ccc(C(=O)O)c(C(=O)O)c1. The molecule has 0 amide bonds. The molecule has 0 atom stereocenters. The quantitative estimate of drug-likeness (QED) is 0.553. The second-order valence-electron chi connectivity index (χ2n) is 5.97. The van der Waals surface area contributed by atoms with Crippen molar-refractivity contribution in [2.24, 2.45) is 0 Å². The van der Waals surface area contributed by atoms with Crippen LogP contribution in [-0.2, 0) is 17.9 Å². The minimum atomic E-state index is -1.32. The molecule has 0 aliphatic carbocycles. The van der Waals surface area contributed by atoms with Crippen LogP contribution in [0.15, 0.2) is 46.9 Å². The van der Waals surface area contributed by atoms with E-state index >= 15 is 0 Å². The summed E-state index contributed by atoms with van der Waals surface area (Å²) in [4.78, 5) is 35.3. The number of carboxylic acids is 3. The predicted molar refractivity (Wildman–Crippen MR) is 101 cm³/mol.